The lowest BCUT2D eigenvalue weighted by Gasteiger charge is -2.17. The molecule has 0 heterocycles. The Morgan fingerprint density at radius 1 is 1.39 bits per heavy atom. The van der Waals surface area contributed by atoms with Crippen LogP contribution in [0.4, 0.5) is 13.2 Å². The van der Waals surface area contributed by atoms with Crippen LogP contribution < -0.4 is 4.72 Å². The molecule has 1 aromatic rings. The number of halogens is 3. The molecule has 5 nitrogen and oxygen atoms in total. The standard InChI is InChI=1S/C14H14F3NO4S/c1-2-5-13(6-7-13)18-23(21,22)9-3-4-10(12(19)20)11(8-9)14(15,16)17/h2-4,8,18H,1,5-7H2,(H,19,20). The Balaban J connectivity index is 2.44. The molecule has 0 amide bonds. The van der Waals surface area contributed by atoms with Gasteiger partial charge in [0.05, 0.1) is 16.0 Å². The lowest BCUT2D eigenvalue weighted by molar-refractivity contribution is -0.138. The molecular weight excluding hydrogens is 335 g/mol. The van der Waals surface area contributed by atoms with E-state index in [0.717, 1.165) is 6.07 Å². The molecule has 1 aromatic carbocycles. The van der Waals surface area contributed by atoms with E-state index in [1.54, 1.807) is 0 Å². The van der Waals surface area contributed by atoms with Gasteiger partial charge in [0.2, 0.25) is 10.0 Å². The molecule has 0 atom stereocenters. The van der Waals surface area contributed by atoms with Crippen LogP contribution in [0.25, 0.3) is 0 Å². The fourth-order valence-electron chi connectivity index (χ4n) is 2.23. The van der Waals surface area contributed by atoms with Crippen LogP contribution in [0, 0.1) is 0 Å². The molecule has 1 aliphatic rings. The van der Waals surface area contributed by atoms with Crippen LogP contribution in [-0.2, 0) is 16.2 Å². The average Bonchev–Trinajstić information content (AvgIpc) is 3.16. The Hall–Kier alpha value is -1.87. The maximum absolute atomic E-state index is 13.0. The fourth-order valence-corrected chi connectivity index (χ4v) is 3.73. The number of carboxylic acids is 1. The summed E-state index contributed by atoms with van der Waals surface area (Å²) in [6.45, 7) is 3.52. The van der Waals surface area contributed by atoms with E-state index in [1.807, 2.05) is 0 Å². The summed E-state index contributed by atoms with van der Waals surface area (Å²) < 4.78 is 65.8. The number of aromatic carboxylic acids is 1. The van der Waals surface area contributed by atoms with Crippen molar-refractivity contribution in [1.29, 1.82) is 0 Å². The number of alkyl halides is 3. The smallest absolute Gasteiger partial charge is 0.417 e. The Bertz CT molecular complexity index is 752. The van der Waals surface area contributed by atoms with E-state index in [2.05, 4.69) is 11.3 Å². The van der Waals surface area contributed by atoms with Crippen LogP contribution >= 0.6 is 0 Å². The quantitative estimate of drug-likeness (QED) is 0.774. The van der Waals surface area contributed by atoms with Gasteiger partial charge in [0.15, 0.2) is 0 Å². The van der Waals surface area contributed by atoms with Crippen molar-refractivity contribution >= 4 is 16.0 Å². The molecule has 2 rings (SSSR count). The summed E-state index contributed by atoms with van der Waals surface area (Å²) >= 11 is 0. The van der Waals surface area contributed by atoms with Crippen molar-refractivity contribution in [3.63, 3.8) is 0 Å². The first kappa shape index (κ1) is 17.5. The van der Waals surface area contributed by atoms with Gasteiger partial charge in [-0.1, -0.05) is 6.08 Å². The van der Waals surface area contributed by atoms with Crippen molar-refractivity contribution in [1.82, 2.24) is 4.72 Å². The molecule has 0 aromatic heterocycles. The molecule has 1 aliphatic carbocycles. The molecule has 0 spiro atoms. The predicted octanol–water partition coefficient (Wildman–Crippen LogP) is 2.79. The second-order valence-electron chi connectivity index (χ2n) is 5.39. The monoisotopic (exact) mass is 349 g/mol. The van der Waals surface area contributed by atoms with Gasteiger partial charge in [0, 0.05) is 5.54 Å². The number of carbonyl (C=O) groups is 1. The third-order valence-electron chi connectivity index (χ3n) is 3.58. The Labute approximate surface area is 130 Å². The van der Waals surface area contributed by atoms with Gasteiger partial charge < -0.3 is 5.11 Å². The summed E-state index contributed by atoms with van der Waals surface area (Å²) in [4.78, 5) is 10.3. The highest BCUT2D eigenvalue weighted by molar-refractivity contribution is 7.89. The molecule has 2 N–H and O–H groups in total. The molecular formula is C14H14F3NO4S. The van der Waals surface area contributed by atoms with Gasteiger partial charge in [-0.2, -0.15) is 13.2 Å². The number of hydrogen-bond donors (Lipinski definition) is 2. The minimum absolute atomic E-state index is 0.343. The van der Waals surface area contributed by atoms with E-state index in [4.69, 9.17) is 5.11 Å². The number of nitrogens with one attached hydrogen (secondary N) is 1. The van der Waals surface area contributed by atoms with E-state index < -0.39 is 43.7 Å². The lowest BCUT2D eigenvalue weighted by atomic mass is 10.1. The van der Waals surface area contributed by atoms with Gasteiger partial charge in [-0.3, -0.25) is 0 Å². The van der Waals surface area contributed by atoms with E-state index in [0.29, 0.717) is 31.4 Å². The van der Waals surface area contributed by atoms with Crippen LogP contribution in [0.15, 0.2) is 35.7 Å². The van der Waals surface area contributed by atoms with Crippen LogP contribution in [0.2, 0.25) is 0 Å². The van der Waals surface area contributed by atoms with E-state index in [1.165, 1.54) is 6.08 Å². The largest absolute Gasteiger partial charge is 0.478 e. The number of hydrogen-bond acceptors (Lipinski definition) is 3. The zero-order chi connectivity index (χ0) is 17.5. The normalized spacial score (nSPS) is 16.8. The van der Waals surface area contributed by atoms with Crippen LogP contribution in [0.1, 0.15) is 35.2 Å². The minimum atomic E-state index is -4.97. The molecule has 1 fully saturated rings. The second kappa shape index (κ2) is 5.64. The minimum Gasteiger partial charge on any atom is -0.478 e. The highest BCUT2D eigenvalue weighted by Crippen LogP contribution is 2.41. The number of sulfonamides is 1. The van der Waals surface area contributed by atoms with Crippen LogP contribution in [0.3, 0.4) is 0 Å². The zero-order valence-corrected chi connectivity index (χ0v) is 12.7. The average molecular weight is 349 g/mol. The second-order valence-corrected chi connectivity index (χ2v) is 7.07. The molecule has 0 radical (unpaired) electrons. The molecule has 0 unspecified atom stereocenters. The summed E-state index contributed by atoms with van der Waals surface area (Å²) in [7, 11) is -4.19. The summed E-state index contributed by atoms with van der Waals surface area (Å²) in [5, 5.41) is 8.81. The highest BCUT2D eigenvalue weighted by Gasteiger charge is 2.45. The molecule has 1 saturated carbocycles. The number of benzene rings is 1. The molecule has 0 bridgehead atoms. The highest BCUT2D eigenvalue weighted by atomic mass is 32.2. The molecule has 9 heteroatoms. The van der Waals surface area contributed by atoms with Crippen LogP contribution in [-0.4, -0.2) is 25.0 Å². The van der Waals surface area contributed by atoms with Crippen molar-refractivity contribution in [2.24, 2.45) is 0 Å². The van der Waals surface area contributed by atoms with Crippen molar-refractivity contribution in [2.75, 3.05) is 0 Å². The Kier molecular flexibility index (Phi) is 4.29. The van der Waals surface area contributed by atoms with Gasteiger partial charge in [-0.05, 0) is 37.5 Å². The van der Waals surface area contributed by atoms with Crippen molar-refractivity contribution in [2.45, 2.75) is 35.9 Å². The zero-order valence-electron chi connectivity index (χ0n) is 11.9. The maximum atomic E-state index is 13.0. The van der Waals surface area contributed by atoms with Crippen molar-refractivity contribution in [3.05, 3.63) is 42.0 Å². The third kappa shape index (κ3) is 3.73. The summed E-state index contributed by atoms with van der Waals surface area (Å²) in [6, 6.07) is 1.84. The van der Waals surface area contributed by atoms with Gasteiger partial charge >= 0.3 is 12.1 Å². The van der Waals surface area contributed by atoms with Gasteiger partial charge in [0.25, 0.3) is 0 Å². The van der Waals surface area contributed by atoms with Crippen molar-refractivity contribution < 1.29 is 31.5 Å². The molecule has 126 valence electrons. The van der Waals surface area contributed by atoms with Crippen molar-refractivity contribution in [3.8, 4) is 0 Å². The Morgan fingerprint density at radius 3 is 2.43 bits per heavy atom. The SMILES string of the molecule is C=CCC1(NS(=O)(=O)c2ccc(C(=O)O)c(C(F)(F)F)c2)CC1. The Morgan fingerprint density at radius 2 is 2.00 bits per heavy atom. The molecule has 23 heavy (non-hydrogen) atoms. The number of carboxylic acid groups (broad SMARTS) is 1. The summed E-state index contributed by atoms with van der Waals surface area (Å²) in [6.07, 6.45) is -1.94. The van der Waals surface area contributed by atoms with E-state index in [-0.39, 0.29) is 0 Å². The maximum Gasteiger partial charge on any atom is 0.417 e. The molecule has 0 saturated heterocycles. The van der Waals surface area contributed by atoms with Crippen LogP contribution in [0.5, 0.6) is 0 Å². The van der Waals surface area contributed by atoms with E-state index in [9.17, 15) is 26.4 Å². The predicted molar refractivity (Wildman–Crippen MR) is 75.5 cm³/mol. The first-order valence-corrected chi connectivity index (χ1v) is 8.08. The summed E-state index contributed by atoms with van der Waals surface area (Å²) in [5.41, 5.74) is -3.20. The van der Waals surface area contributed by atoms with Gasteiger partial charge in [-0.15, -0.1) is 6.58 Å². The third-order valence-corrected chi connectivity index (χ3v) is 5.15. The fraction of sp³-hybridized carbons (Fsp3) is 0.357. The van der Waals surface area contributed by atoms with Gasteiger partial charge in [0.1, 0.15) is 0 Å². The van der Waals surface area contributed by atoms with E-state index >= 15 is 0 Å². The molecule has 0 aliphatic heterocycles. The first-order valence-electron chi connectivity index (χ1n) is 6.60. The lowest BCUT2D eigenvalue weighted by Crippen LogP contribution is -2.36. The summed E-state index contributed by atoms with van der Waals surface area (Å²) in [5.74, 6) is -1.78. The van der Waals surface area contributed by atoms with Gasteiger partial charge in [-0.25, -0.2) is 17.9 Å². The first-order chi connectivity index (χ1) is 10.5. The topological polar surface area (TPSA) is 83.5 Å². The number of rotatable bonds is 6.